The van der Waals surface area contributed by atoms with Gasteiger partial charge >= 0.3 is 0 Å². The van der Waals surface area contributed by atoms with Crippen LogP contribution in [0, 0.1) is 5.92 Å². The van der Waals surface area contributed by atoms with Gasteiger partial charge in [-0.1, -0.05) is 19.8 Å². The smallest absolute Gasteiger partial charge is 0.0576 e. The summed E-state index contributed by atoms with van der Waals surface area (Å²) < 4.78 is 5.74. The van der Waals surface area contributed by atoms with Crippen LogP contribution in [-0.4, -0.2) is 43.3 Å². The lowest BCUT2D eigenvalue weighted by Gasteiger charge is -2.49. The van der Waals surface area contributed by atoms with Gasteiger partial charge in [0.25, 0.3) is 0 Å². The number of nitrogens with zero attached hydrogens (tertiary/aromatic N) is 1. The normalized spacial score (nSPS) is 37.7. The lowest BCUT2D eigenvalue weighted by molar-refractivity contribution is 0.0381. The molecule has 0 aromatic carbocycles. The summed E-state index contributed by atoms with van der Waals surface area (Å²) in [5.41, 5.74) is 6.85. The molecule has 0 aromatic heterocycles. The summed E-state index contributed by atoms with van der Waals surface area (Å²) in [6.07, 6.45) is 10.4. The topological polar surface area (TPSA) is 38.5 Å². The van der Waals surface area contributed by atoms with E-state index in [9.17, 15) is 0 Å². The average molecular weight is 268 g/mol. The molecule has 0 radical (unpaired) electrons. The van der Waals surface area contributed by atoms with Crippen molar-refractivity contribution < 1.29 is 4.74 Å². The van der Waals surface area contributed by atoms with Crippen molar-refractivity contribution in [1.82, 2.24) is 4.90 Å². The zero-order chi connectivity index (χ0) is 13.9. The highest BCUT2D eigenvalue weighted by Crippen LogP contribution is 2.39. The van der Waals surface area contributed by atoms with E-state index in [2.05, 4.69) is 25.9 Å². The van der Waals surface area contributed by atoms with E-state index in [1.807, 2.05) is 0 Å². The van der Waals surface area contributed by atoms with Crippen molar-refractivity contribution in [2.75, 3.05) is 20.7 Å². The van der Waals surface area contributed by atoms with Crippen LogP contribution in [0.1, 0.15) is 58.3 Å². The molecule has 4 unspecified atom stereocenters. The standard InChI is InChI=1S/C16H32N2O/c1-13-6-4-10-16(12-13,18(2)3)15(17)9-8-14-7-5-11-19-14/h13-15H,4-12,17H2,1-3H3. The summed E-state index contributed by atoms with van der Waals surface area (Å²) in [7, 11) is 4.42. The van der Waals surface area contributed by atoms with Crippen molar-refractivity contribution in [3.63, 3.8) is 0 Å². The monoisotopic (exact) mass is 268 g/mol. The Kier molecular flexibility index (Phi) is 5.27. The Balaban J connectivity index is 1.93. The zero-order valence-corrected chi connectivity index (χ0v) is 13.0. The molecule has 3 heteroatoms. The van der Waals surface area contributed by atoms with Crippen LogP contribution in [0.3, 0.4) is 0 Å². The molecule has 1 heterocycles. The van der Waals surface area contributed by atoms with Crippen LogP contribution in [-0.2, 0) is 4.74 Å². The molecule has 2 rings (SSSR count). The first-order valence-electron chi connectivity index (χ1n) is 8.09. The van der Waals surface area contributed by atoms with Gasteiger partial charge in [-0.15, -0.1) is 0 Å². The molecular weight excluding hydrogens is 236 g/mol. The minimum atomic E-state index is 0.219. The molecule has 0 aromatic rings. The number of ether oxygens (including phenoxy) is 1. The van der Waals surface area contributed by atoms with Crippen molar-refractivity contribution >= 4 is 0 Å². The Morgan fingerprint density at radius 3 is 2.68 bits per heavy atom. The van der Waals surface area contributed by atoms with Crippen molar-refractivity contribution in [3.8, 4) is 0 Å². The molecule has 19 heavy (non-hydrogen) atoms. The van der Waals surface area contributed by atoms with E-state index in [1.165, 1.54) is 38.5 Å². The summed E-state index contributed by atoms with van der Waals surface area (Å²) in [4.78, 5) is 2.41. The summed E-state index contributed by atoms with van der Waals surface area (Å²) in [6, 6.07) is 0.287. The van der Waals surface area contributed by atoms with E-state index >= 15 is 0 Å². The highest BCUT2D eigenvalue weighted by atomic mass is 16.5. The van der Waals surface area contributed by atoms with E-state index in [1.54, 1.807) is 0 Å². The largest absolute Gasteiger partial charge is 0.378 e. The molecule has 1 aliphatic heterocycles. The molecule has 4 atom stereocenters. The quantitative estimate of drug-likeness (QED) is 0.833. The number of nitrogens with two attached hydrogens (primary N) is 1. The van der Waals surface area contributed by atoms with Gasteiger partial charge in [0.1, 0.15) is 0 Å². The van der Waals surface area contributed by atoms with Crippen LogP contribution in [0.4, 0.5) is 0 Å². The fourth-order valence-corrected chi connectivity index (χ4v) is 4.14. The molecular formula is C16H32N2O. The fourth-order valence-electron chi connectivity index (χ4n) is 4.14. The third-order valence-electron chi connectivity index (χ3n) is 5.41. The van der Waals surface area contributed by atoms with Gasteiger partial charge in [0.2, 0.25) is 0 Å². The average Bonchev–Trinajstić information content (AvgIpc) is 2.88. The van der Waals surface area contributed by atoms with E-state index in [4.69, 9.17) is 10.5 Å². The first-order valence-corrected chi connectivity index (χ1v) is 8.09. The van der Waals surface area contributed by atoms with Crippen molar-refractivity contribution in [2.45, 2.75) is 76.0 Å². The van der Waals surface area contributed by atoms with Crippen LogP contribution >= 0.6 is 0 Å². The van der Waals surface area contributed by atoms with Crippen LogP contribution in [0.25, 0.3) is 0 Å². The highest BCUT2D eigenvalue weighted by Gasteiger charge is 2.41. The zero-order valence-electron chi connectivity index (χ0n) is 13.0. The Morgan fingerprint density at radius 2 is 2.11 bits per heavy atom. The van der Waals surface area contributed by atoms with Crippen molar-refractivity contribution in [3.05, 3.63) is 0 Å². The molecule has 2 N–H and O–H groups in total. The van der Waals surface area contributed by atoms with Crippen LogP contribution in [0.15, 0.2) is 0 Å². The van der Waals surface area contributed by atoms with Gasteiger partial charge < -0.3 is 15.4 Å². The summed E-state index contributed by atoms with van der Waals surface area (Å²) in [5.74, 6) is 0.810. The van der Waals surface area contributed by atoms with Gasteiger partial charge in [0.15, 0.2) is 0 Å². The number of likely N-dealkylation sites (N-methyl/N-ethyl adjacent to an activating group) is 1. The maximum Gasteiger partial charge on any atom is 0.0576 e. The Hall–Kier alpha value is -0.120. The summed E-state index contributed by atoms with van der Waals surface area (Å²) >= 11 is 0. The second-order valence-electron chi connectivity index (χ2n) is 7.02. The number of hydrogen-bond donors (Lipinski definition) is 1. The summed E-state index contributed by atoms with van der Waals surface area (Å²) in [5, 5.41) is 0. The minimum absolute atomic E-state index is 0.219. The Labute approximate surface area is 118 Å². The van der Waals surface area contributed by atoms with Crippen molar-refractivity contribution in [1.29, 1.82) is 0 Å². The maximum atomic E-state index is 6.63. The maximum absolute atomic E-state index is 6.63. The van der Waals surface area contributed by atoms with Crippen LogP contribution in [0.2, 0.25) is 0 Å². The molecule has 1 saturated heterocycles. The molecule has 0 amide bonds. The lowest BCUT2D eigenvalue weighted by Crippen LogP contribution is -2.59. The van der Waals surface area contributed by atoms with Crippen LogP contribution < -0.4 is 5.73 Å². The van der Waals surface area contributed by atoms with E-state index < -0.39 is 0 Å². The highest BCUT2D eigenvalue weighted by molar-refractivity contribution is 5.00. The molecule has 2 fully saturated rings. The van der Waals surface area contributed by atoms with Gasteiger partial charge in [-0.2, -0.15) is 0 Å². The second kappa shape index (κ2) is 6.55. The molecule has 112 valence electrons. The number of rotatable bonds is 5. The first-order chi connectivity index (χ1) is 9.04. The van der Waals surface area contributed by atoms with E-state index in [-0.39, 0.29) is 11.6 Å². The second-order valence-corrected chi connectivity index (χ2v) is 7.02. The van der Waals surface area contributed by atoms with Gasteiger partial charge in [-0.25, -0.2) is 0 Å². The van der Waals surface area contributed by atoms with E-state index in [0.717, 1.165) is 25.4 Å². The lowest BCUT2D eigenvalue weighted by atomic mass is 9.70. The predicted molar refractivity (Wildman–Crippen MR) is 80.2 cm³/mol. The van der Waals surface area contributed by atoms with Gasteiger partial charge in [0.05, 0.1) is 6.10 Å². The molecule has 0 bridgehead atoms. The number of hydrogen-bond acceptors (Lipinski definition) is 3. The molecule has 1 saturated carbocycles. The van der Waals surface area contributed by atoms with Gasteiger partial charge in [-0.3, -0.25) is 0 Å². The molecule has 2 aliphatic rings. The third-order valence-corrected chi connectivity index (χ3v) is 5.41. The van der Waals surface area contributed by atoms with Crippen LogP contribution in [0.5, 0.6) is 0 Å². The molecule has 3 nitrogen and oxygen atoms in total. The first kappa shape index (κ1) is 15.3. The fraction of sp³-hybridized carbons (Fsp3) is 1.00. The predicted octanol–water partition coefficient (Wildman–Crippen LogP) is 2.78. The Bertz CT molecular complexity index is 276. The van der Waals surface area contributed by atoms with Crippen molar-refractivity contribution in [2.24, 2.45) is 11.7 Å². The van der Waals surface area contributed by atoms with E-state index in [0.29, 0.717) is 6.10 Å². The molecule has 1 aliphatic carbocycles. The van der Waals surface area contributed by atoms with Gasteiger partial charge in [0, 0.05) is 18.2 Å². The van der Waals surface area contributed by atoms with Gasteiger partial charge in [-0.05, 0) is 58.5 Å². The summed E-state index contributed by atoms with van der Waals surface area (Å²) in [6.45, 7) is 3.33. The SMILES string of the molecule is CC1CCCC(C(N)CCC2CCCO2)(N(C)C)C1. The minimum Gasteiger partial charge on any atom is -0.378 e. The molecule has 0 spiro atoms. The Morgan fingerprint density at radius 1 is 1.32 bits per heavy atom. The third kappa shape index (κ3) is 3.50.